The monoisotopic (exact) mass is 855 g/mol. The zero-order chi connectivity index (χ0) is 44.0. The van der Waals surface area contributed by atoms with E-state index in [1.165, 1.54) is 152 Å². The first-order chi connectivity index (χ1) is 29.5. The molecule has 61 heavy (non-hydrogen) atoms. The summed E-state index contributed by atoms with van der Waals surface area (Å²) in [5.41, 5.74) is 4.44. The summed E-state index contributed by atoms with van der Waals surface area (Å²) in [6.45, 7) is 8.17. The molecule has 0 radical (unpaired) electrons. The highest BCUT2D eigenvalue weighted by Gasteiger charge is 2.24. The van der Waals surface area contributed by atoms with Gasteiger partial charge in [0, 0.05) is 12.1 Å². The zero-order valence-corrected chi connectivity index (χ0v) is 38.1. The smallest absolute Gasteiger partial charge is 0.311 e. The first-order valence-corrected chi connectivity index (χ1v) is 23.6. The summed E-state index contributed by atoms with van der Waals surface area (Å²) >= 11 is 5.55. The average Bonchev–Trinajstić information content (AvgIpc) is 3.26. The summed E-state index contributed by atoms with van der Waals surface area (Å²) < 4.78 is 5.82. The molecule has 0 aromatic heterocycles. The molecule has 332 valence electrons. The van der Waals surface area contributed by atoms with Gasteiger partial charge in [-0.15, -0.1) is 0 Å². The van der Waals surface area contributed by atoms with Gasteiger partial charge in [-0.05, 0) is 148 Å². The fraction of sp³-hybridized carbons (Fsp3) is 0.538. The second-order valence-electron chi connectivity index (χ2n) is 17.5. The summed E-state index contributed by atoms with van der Waals surface area (Å²) in [5, 5.41) is 31.1. The fourth-order valence-corrected chi connectivity index (χ4v) is 9.13. The molecular formula is C52H71ClN2O6. The van der Waals surface area contributed by atoms with E-state index >= 15 is 0 Å². The van der Waals surface area contributed by atoms with Crippen molar-refractivity contribution >= 4 is 23.0 Å². The standard InChI is InChI=1S/C26H35NO3.C19H30O.C7H6ClNO2/c1-3-4-5-6-7-8-21-10-12-22(13-11-21)23-14-16-24(17-15-23)30-26-18-9-20(2)19-25(26)27(28)29;1-2-3-4-5-6-7-16-8-10-17(11-9-16)18-12-14-19(20)15-13-18;1-5-2-3-6(8)7(4-5)9(10)11/h9,14-19,21-22H,3-8,10-13H2,1-2H3;12-17,20H,2-11H2,1H3;2-4H,1H3. The maximum absolute atomic E-state index is 11.3. The van der Waals surface area contributed by atoms with Gasteiger partial charge < -0.3 is 9.84 Å². The number of nitro groups is 2. The van der Waals surface area contributed by atoms with Crippen molar-refractivity contribution in [3.63, 3.8) is 0 Å². The van der Waals surface area contributed by atoms with Gasteiger partial charge >= 0.3 is 5.69 Å². The molecule has 4 aromatic rings. The highest BCUT2D eigenvalue weighted by atomic mass is 35.5. The van der Waals surface area contributed by atoms with Crippen LogP contribution < -0.4 is 4.74 Å². The molecule has 6 rings (SSSR count). The minimum atomic E-state index is -0.491. The Morgan fingerprint density at radius 1 is 0.574 bits per heavy atom. The van der Waals surface area contributed by atoms with Crippen molar-refractivity contribution in [2.24, 2.45) is 11.8 Å². The van der Waals surface area contributed by atoms with Crippen LogP contribution in [0.3, 0.4) is 0 Å². The van der Waals surface area contributed by atoms with Crippen LogP contribution in [0, 0.1) is 45.9 Å². The predicted octanol–water partition coefficient (Wildman–Crippen LogP) is 16.9. The number of ether oxygens (including phenoxy) is 1. The third-order valence-electron chi connectivity index (χ3n) is 12.7. The number of phenols is 1. The predicted molar refractivity (Wildman–Crippen MR) is 251 cm³/mol. The van der Waals surface area contributed by atoms with E-state index in [-0.39, 0.29) is 27.1 Å². The lowest BCUT2D eigenvalue weighted by molar-refractivity contribution is -0.385. The number of aryl methyl sites for hydroxylation is 2. The Morgan fingerprint density at radius 3 is 1.44 bits per heavy atom. The molecule has 0 spiro atoms. The molecule has 4 aromatic carbocycles. The number of nitrogens with zero attached hydrogens (tertiary/aromatic N) is 2. The highest BCUT2D eigenvalue weighted by molar-refractivity contribution is 6.32. The summed E-state index contributed by atoms with van der Waals surface area (Å²) in [7, 11) is 0. The summed E-state index contributed by atoms with van der Waals surface area (Å²) in [6, 6.07) is 25.8. The van der Waals surface area contributed by atoms with E-state index in [9.17, 15) is 25.3 Å². The van der Waals surface area contributed by atoms with Crippen molar-refractivity contribution in [2.45, 2.75) is 168 Å². The summed E-state index contributed by atoms with van der Waals surface area (Å²) in [5.74, 6) is 4.56. The van der Waals surface area contributed by atoms with Gasteiger partial charge in [0.15, 0.2) is 0 Å². The number of rotatable bonds is 18. The normalized spacial score (nSPS) is 18.5. The van der Waals surface area contributed by atoms with Gasteiger partial charge in [0.1, 0.15) is 16.5 Å². The van der Waals surface area contributed by atoms with Crippen LogP contribution in [0.4, 0.5) is 11.4 Å². The third kappa shape index (κ3) is 17.5. The number of unbranched alkanes of at least 4 members (excludes halogenated alkanes) is 8. The van der Waals surface area contributed by atoms with Gasteiger partial charge in [0.2, 0.25) is 5.75 Å². The Hall–Kier alpha value is -4.43. The van der Waals surface area contributed by atoms with Crippen molar-refractivity contribution in [1.29, 1.82) is 0 Å². The number of halogens is 1. The summed E-state index contributed by atoms with van der Waals surface area (Å²) in [6.07, 6.45) is 27.5. The van der Waals surface area contributed by atoms with Gasteiger partial charge in [-0.2, -0.15) is 0 Å². The van der Waals surface area contributed by atoms with Crippen molar-refractivity contribution in [2.75, 3.05) is 0 Å². The molecule has 0 aliphatic heterocycles. The topological polar surface area (TPSA) is 116 Å². The third-order valence-corrected chi connectivity index (χ3v) is 13.0. The Kier molecular flexibility index (Phi) is 21.6. The Bertz CT molecular complexity index is 1880. The van der Waals surface area contributed by atoms with E-state index in [0.717, 1.165) is 28.9 Å². The maximum atomic E-state index is 11.3. The first kappa shape index (κ1) is 49.2. The van der Waals surface area contributed by atoms with Gasteiger partial charge in [-0.1, -0.05) is 139 Å². The van der Waals surface area contributed by atoms with E-state index in [1.54, 1.807) is 25.1 Å². The van der Waals surface area contributed by atoms with Crippen LogP contribution in [0.2, 0.25) is 5.02 Å². The molecule has 1 N–H and O–H groups in total. The van der Waals surface area contributed by atoms with E-state index in [4.69, 9.17) is 16.3 Å². The lowest BCUT2D eigenvalue weighted by Gasteiger charge is -2.29. The largest absolute Gasteiger partial charge is 0.508 e. The Labute approximate surface area is 370 Å². The molecule has 0 unspecified atom stereocenters. The van der Waals surface area contributed by atoms with Crippen molar-refractivity contribution in [3.8, 4) is 17.2 Å². The minimum Gasteiger partial charge on any atom is -0.508 e. The molecule has 0 amide bonds. The first-order valence-electron chi connectivity index (χ1n) is 23.2. The highest BCUT2D eigenvalue weighted by Crippen LogP contribution is 2.40. The Balaban J connectivity index is 0.000000226. The lowest BCUT2D eigenvalue weighted by atomic mass is 9.77. The van der Waals surface area contributed by atoms with Gasteiger partial charge in [0.25, 0.3) is 5.69 Å². The number of benzene rings is 4. The van der Waals surface area contributed by atoms with E-state index in [0.29, 0.717) is 17.4 Å². The number of hydrogen-bond acceptors (Lipinski definition) is 6. The van der Waals surface area contributed by atoms with Crippen LogP contribution in [0.5, 0.6) is 17.2 Å². The van der Waals surface area contributed by atoms with Gasteiger partial charge in [-0.25, -0.2) is 0 Å². The molecule has 2 saturated carbocycles. The maximum Gasteiger partial charge on any atom is 0.311 e. The number of nitro benzene ring substituents is 2. The van der Waals surface area contributed by atoms with E-state index in [2.05, 4.69) is 38.1 Å². The molecule has 0 heterocycles. The second kappa shape index (κ2) is 26.8. The lowest BCUT2D eigenvalue weighted by Crippen LogP contribution is -2.13. The van der Waals surface area contributed by atoms with Crippen LogP contribution in [0.1, 0.15) is 176 Å². The van der Waals surface area contributed by atoms with Gasteiger partial charge in [0.05, 0.1) is 9.85 Å². The molecule has 0 atom stereocenters. The molecule has 0 bridgehead atoms. The van der Waals surface area contributed by atoms with Crippen molar-refractivity contribution in [1.82, 2.24) is 0 Å². The molecule has 9 heteroatoms. The fourth-order valence-electron chi connectivity index (χ4n) is 8.94. The molecule has 2 aliphatic carbocycles. The van der Waals surface area contributed by atoms with Crippen LogP contribution in [-0.2, 0) is 0 Å². The van der Waals surface area contributed by atoms with Crippen molar-refractivity contribution in [3.05, 3.63) is 132 Å². The average molecular weight is 856 g/mol. The van der Waals surface area contributed by atoms with Crippen molar-refractivity contribution < 1.29 is 19.7 Å². The van der Waals surface area contributed by atoms with Crippen LogP contribution in [-0.4, -0.2) is 15.0 Å². The molecule has 2 aliphatic rings. The molecule has 2 fully saturated rings. The number of phenolic OH excluding ortho intramolecular Hbond substituents is 1. The van der Waals surface area contributed by atoms with Gasteiger partial charge in [-0.3, -0.25) is 20.2 Å². The SMILES string of the molecule is CCCCCCCC1CCC(c2ccc(O)cc2)CC1.CCCCCCCC1CCC(c2ccc(Oc3ccc(C)cc3[N+](=O)[O-])cc2)CC1.Cc1ccc(Cl)c([N+](=O)[O-])c1. The Morgan fingerprint density at radius 2 is 1.00 bits per heavy atom. The minimum absolute atomic E-state index is 0.00657. The molecule has 0 saturated heterocycles. The molecule has 8 nitrogen and oxygen atoms in total. The van der Waals surface area contributed by atoms with E-state index < -0.39 is 4.92 Å². The zero-order valence-electron chi connectivity index (χ0n) is 37.3. The second-order valence-corrected chi connectivity index (χ2v) is 18.0. The quantitative estimate of drug-likeness (QED) is 0.0605. The van der Waals surface area contributed by atoms with Crippen LogP contribution in [0.15, 0.2) is 84.9 Å². The number of aromatic hydroxyl groups is 1. The summed E-state index contributed by atoms with van der Waals surface area (Å²) in [4.78, 5) is 20.7. The van der Waals surface area contributed by atoms with Crippen LogP contribution in [0.25, 0.3) is 0 Å². The molecular weight excluding hydrogens is 784 g/mol. The van der Waals surface area contributed by atoms with E-state index in [1.807, 2.05) is 37.3 Å². The number of hydrogen-bond donors (Lipinski definition) is 1. The van der Waals surface area contributed by atoms with Crippen LogP contribution >= 0.6 is 11.6 Å².